The zero-order valence-electron chi connectivity index (χ0n) is 11.9. The highest BCUT2D eigenvalue weighted by molar-refractivity contribution is 7.91. The Bertz CT molecular complexity index is 556. The maximum Gasteiger partial charge on any atom is 0.165 e. The van der Waals surface area contributed by atoms with Crippen LogP contribution in [0.5, 0.6) is 11.5 Å². The predicted octanol–water partition coefficient (Wildman–Crippen LogP) is 1.37. The second kappa shape index (κ2) is 6.45. The van der Waals surface area contributed by atoms with Crippen LogP contribution < -0.4 is 14.8 Å². The highest BCUT2D eigenvalue weighted by Crippen LogP contribution is 2.30. The van der Waals surface area contributed by atoms with Crippen molar-refractivity contribution in [3.05, 3.63) is 23.8 Å². The molecule has 1 atom stereocenters. The smallest absolute Gasteiger partial charge is 0.165 e. The molecule has 0 spiro atoms. The fourth-order valence-electron chi connectivity index (χ4n) is 2.53. The Morgan fingerprint density at radius 3 is 2.75 bits per heavy atom. The minimum absolute atomic E-state index is 0.0182. The normalized spacial score (nSPS) is 21.4. The monoisotopic (exact) mass is 299 g/mol. The number of para-hydroxylation sites is 1. The van der Waals surface area contributed by atoms with Crippen molar-refractivity contribution in [1.29, 1.82) is 0 Å². The Hall–Kier alpha value is -1.27. The third kappa shape index (κ3) is 3.64. The van der Waals surface area contributed by atoms with Crippen LogP contribution in [0, 0.1) is 0 Å². The van der Waals surface area contributed by atoms with Gasteiger partial charge in [-0.1, -0.05) is 12.1 Å². The molecule has 6 heteroatoms. The van der Waals surface area contributed by atoms with Crippen molar-refractivity contribution in [3.63, 3.8) is 0 Å². The molecule has 1 saturated heterocycles. The summed E-state index contributed by atoms with van der Waals surface area (Å²) in [6, 6.07) is 5.71. The Labute approximate surface area is 120 Å². The van der Waals surface area contributed by atoms with E-state index in [4.69, 9.17) is 9.47 Å². The number of rotatable bonds is 5. The molecule has 0 amide bonds. The molecule has 0 saturated carbocycles. The molecule has 1 unspecified atom stereocenters. The lowest BCUT2D eigenvalue weighted by Crippen LogP contribution is -2.39. The van der Waals surface area contributed by atoms with Gasteiger partial charge in [0.1, 0.15) is 0 Å². The first-order chi connectivity index (χ1) is 9.55. The van der Waals surface area contributed by atoms with Gasteiger partial charge in [-0.2, -0.15) is 0 Å². The molecule has 1 aromatic carbocycles. The van der Waals surface area contributed by atoms with E-state index >= 15 is 0 Å². The molecule has 1 fully saturated rings. The lowest BCUT2D eigenvalue weighted by molar-refractivity contribution is 0.349. The Morgan fingerprint density at radius 2 is 2.10 bits per heavy atom. The van der Waals surface area contributed by atoms with E-state index in [0.29, 0.717) is 23.8 Å². The summed E-state index contributed by atoms with van der Waals surface area (Å²) in [6.07, 6.45) is 1.63. The number of methoxy groups -OCH3 is 2. The highest BCUT2D eigenvalue weighted by atomic mass is 32.2. The van der Waals surface area contributed by atoms with E-state index in [9.17, 15) is 8.42 Å². The van der Waals surface area contributed by atoms with Crippen LogP contribution in [0.15, 0.2) is 18.2 Å². The second-order valence-corrected chi connectivity index (χ2v) is 7.22. The first-order valence-electron chi connectivity index (χ1n) is 6.69. The molecule has 112 valence electrons. The average molecular weight is 299 g/mol. The van der Waals surface area contributed by atoms with Crippen molar-refractivity contribution < 1.29 is 17.9 Å². The first kappa shape index (κ1) is 15.1. The maximum absolute atomic E-state index is 11.6. The summed E-state index contributed by atoms with van der Waals surface area (Å²) in [7, 11) is 0.320. The molecule has 0 radical (unpaired) electrons. The average Bonchev–Trinajstić information content (AvgIpc) is 2.43. The van der Waals surface area contributed by atoms with Crippen LogP contribution in [0.3, 0.4) is 0 Å². The van der Waals surface area contributed by atoms with E-state index < -0.39 is 9.84 Å². The van der Waals surface area contributed by atoms with Crippen molar-refractivity contribution in [2.24, 2.45) is 0 Å². The number of nitrogens with one attached hydrogen (secondary N) is 1. The lowest BCUT2D eigenvalue weighted by atomic mass is 10.1. The minimum Gasteiger partial charge on any atom is -0.493 e. The van der Waals surface area contributed by atoms with E-state index in [2.05, 4.69) is 5.32 Å². The van der Waals surface area contributed by atoms with Crippen LogP contribution >= 0.6 is 0 Å². The third-order valence-corrected chi connectivity index (χ3v) is 5.35. The van der Waals surface area contributed by atoms with E-state index in [1.54, 1.807) is 14.2 Å². The van der Waals surface area contributed by atoms with Crippen molar-refractivity contribution in [2.45, 2.75) is 25.4 Å². The predicted molar refractivity (Wildman–Crippen MR) is 78.1 cm³/mol. The van der Waals surface area contributed by atoms with Gasteiger partial charge in [-0.3, -0.25) is 0 Å². The summed E-state index contributed by atoms with van der Waals surface area (Å²) < 4.78 is 33.8. The molecule has 1 aliphatic heterocycles. The maximum atomic E-state index is 11.6. The zero-order valence-corrected chi connectivity index (χ0v) is 12.7. The molecule has 0 bridgehead atoms. The van der Waals surface area contributed by atoms with E-state index in [-0.39, 0.29) is 11.8 Å². The molecule has 1 heterocycles. The number of hydrogen-bond donors (Lipinski definition) is 1. The van der Waals surface area contributed by atoms with E-state index in [1.807, 2.05) is 18.2 Å². The van der Waals surface area contributed by atoms with Crippen LogP contribution in [-0.4, -0.2) is 40.2 Å². The summed E-state index contributed by atoms with van der Waals surface area (Å²) in [5, 5.41) is 3.30. The van der Waals surface area contributed by atoms with Crippen molar-refractivity contribution in [3.8, 4) is 11.5 Å². The summed E-state index contributed by atoms with van der Waals surface area (Å²) >= 11 is 0. The van der Waals surface area contributed by atoms with Crippen LogP contribution in [0.25, 0.3) is 0 Å². The van der Waals surface area contributed by atoms with Crippen molar-refractivity contribution in [2.75, 3.05) is 25.7 Å². The fourth-order valence-corrected chi connectivity index (χ4v) is 4.20. The van der Waals surface area contributed by atoms with Gasteiger partial charge in [0.15, 0.2) is 21.3 Å². The van der Waals surface area contributed by atoms with Gasteiger partial charge in [-0.05, 0) is 18.9 Å². The van der Waals surface area contributed by atoms with Crippen LogP contribution in [0.1, 0.15) is 18.4 Å². The Kier molecular flexibility index (Phi) is 4.88. The zero-order chi connectivity index (χ0) is 14.6. The van der Waals surface area contributed by atoms with E-state index in [1.165, 1.54) is 0 Å². The second-order valence-electron chi connectivity index (χ2n) is 4.99. The molecular weight excluding hydrogens is 278 g/mol. The number of hydrogen-bond acceptors (Lipinski definition) is 5. The molecular formula is C14H21NO4S. The standard InChI is InChI=1S/C14H21NO4S/c1-18-13-7-3-5-11(14(13)19-2)9-15-12-6-4-8-20(16,17)10-12/h3,5,7,12,15H,4,6,8-10H2,1-2H3. The van der Waals surface area contributed by atoms with Gasteiger partial charge in [0, 0.05) is 18.2 Å². The summed E-state index contributed by atoms with van der Waals surface area (Å²) in [5.74, 6) is 1.91. The molecule has 5 nitrogen and oxygen atoms in total. The molecule has 1 aliphatic rings. The summed E-state index contributed by atoms with van der Waals surface area (Å²) in [4.78, 5) is 0. The molecule has 0 aliphatic carbocycles. The van der Waals surface area contributed by atoms with Gasteiger partial charge in [0.05, 0.1) is 25.7 Å². The highest BCUT2D eigenvalue weighted by Gasteiger charge is 2.24. The number of ether oxygens (including phenoxy) is 2. The Balaban J connectivity index is 2.04. The molecule has 0 aromatic heterocycles. The summed E-state index contributed by atoms with van der Waals surface area (Å²) in [6.45, 7) is 0.570. The van der Waals surface area contributed by atoms with Crippen LogP contribution in [0.2, 0.25) is 0 Å². The van der Waals surface area contributed by atoms with Gasteiger partial charge in [0.25, 0.3) is 0 Å². The largest absolute Gasteiger partial charge is 0.493 e. The van der Waals surface area contributed by atoms with Gasteiger partial charge in [0.2, 0.25) is 0 Å². The van der Waals surface area contributed by atoms with Crippen LogP contribution in [0.4, 0.5) is 0 Å². The van der Waals surface area contributed by atoms with Gasteiger partial charge in [-0.15, -0.1) is 0 Å². The van der Waals surface area contributed by atoms with Gasteiger partial charge < -0.3 is 14.8 Å². The third-order valence-electron chi connectivity index (χ3n) is 3.53. The number of benzene rings is 1. The topological polar surface area (TPSA) is 64.6 Å². The molecule has 1 aromatic rings. The Morgan fingerprint density at radius 1 is 1.30 bits per heavy atom. The minimum atomic E-state index is -2.88. The summed E-state index contributed by atoms with van der Waals surface area (Å²) in [5.41, 5.74) is 0.967. The van der Waals surface area contributed by atoms with E-state index in [0.717, 1.165) is 18.4 Å². The van der Waals surface area contributed by atoms with Gasteiger partial charge in [-0.25, -0.2) is 8.42 Å². The van der Waals surface area contributed by atoms with Crippen LogP contribution in [-0.2, 0) is 16.4 Å². The fraction of sp³-hybridized carbons (Fsp3) is 0.571. The number of sulfone groups is 1. The van der Waals surface area contributed by atoms with Gasteiger partial charge >= 0.3 is 0 Å². The molecule has 2 rings (SSSR count). The van der Waals surface area contributed by atoms with Crippen molar-refractivity contribution >= 4 is 9.84 Å². The van der Waals surface area contributed by atoms with Crippen molar-refractivity contribution in [1.82, 2.24) is 5.32 Å². The quantitative estimate of drug-likeness (QED) is 0.889. The molecule has 20 heavy (non-hydrogen) atoms. The SMILES string of the molecule is COc1cccc(CNC2CCCS(=O)(=O)C2)c1OC. The molecule has 1 N–H and O–H groups in total. The first-order valence-corrected chi connectivity index (χ1v) is 8.51. The lowest BCUT2D eigenvalue weighted by Gasteiger charge is -2.23.